The highest BCUT2D eigenvalue weighted by Gasteiger charge is 2.17. The lowest BCUT2D eigenvalue weighted by molar-refractivity contribution is 0.208. The molecule has 1 fully saturated rings. The average molecular weight is 238 g/mol. The van der Waals surface area contributed by atoms with Crippen molar-refractivity contribution in [3.63, 3.8) is 0 Å². The number of nitrogens with one attached hydrogen (secondary N) is 1. The fraction of sp³-hybridized carbons (Fsp3) is 0.583. The first-order chi connectivity index (χ1) is 7.66. The maximum atomic E-state index is 11.7. The smallest absolute Gasteiger partial charge is 0.317 e. The van der Waals surface area contributed by atoms with E-state index in [4.69, 9.17) is 0 Å². The monoisotopic (exact) mass is 238 g/mol. The second kappa shape index (κ2) is 4.87. The Kier molecular flexibility index (Phi) is 3.49. The first-order valence-corrected chi connectivity index (χ1v) is 6.57. The van der Waals surface area contributed by atoms with Gasteiger partial charge in [-0.25, -0.2) is 4.79 Å². The standard InChI is InChI=1S/C12H18N2OS/c1-9-7-11(16-10(9)2)8-13-12(15)14-5-3-4-6-14/h7H,3-6,8H2,1-2H3,(H,13,15). The minimum Gasteiger partial charge on any atom is -0.333 e. The summed E-state index contributed by atoms with van der Waals surface area (Å²) in [5.74, 6) is 0. The summed E-state index contributed by atoms with van der Waals surface area (Å²) in [5.41, 5.74) is 1.32. The molecule has 16 heavy (non-hydrogen) atoms. The quantitative estimate of drug-likeness (QED) is 0.844. The van der Waals surface area contributed by atoms with Gasteiger partial charge in [0.1, 0.15) is 0 Å². The molecule has 0 bridgehead atoms. The van der Waals surface area contributed by atoms with E-state index in [1.807, 2.05) is 4.90 Å². The molecule has 0 aromatic carbocycles. The lowest BCUT2D eigenvalue weighted by atomic mass is 10.3. The van der Waals surface area contributed by atoms with Crippen LogP contribution in [0, 0.1) is 13.8 Å². The summed E-state index contributed by atoms with van der Waals surface area (Å²) in [5, 5.41) is 2.98. The van der Waals surface area contributed by atoms with Crippen LogP contribution in [0.1, 0.15) is 28.2 Å². The minimum absolute atomic E-state index is 0.0845. The molecule has 2 heterocycles. The average Bonchev–Trinajstić information content (AvgIpc) is 2.86. The number of likely N-dealkylation sites (tertiary alicyclic amines) is 1. The van der Waals surface area contributed by atoms with Crippen LogP contribution in [0.5, 0.6) is 0 Å². The fourth-order valence-corrected chi connectivity index (χ4v) is 2.92. The van der Waals surface area contributed by atoms with Crippen LogP contribution in [-0.2, 0) is 6.54 Å². The Morgan fingerprint density at radius 2 is 2.12 bits per heavy atom. The molecule has 2 amide bonds. The SMILES string of the molecule is Cc1cc(CNC(=O)N2CCCC2)sc1C. The highest BCUT2D eigenvalue weighted by Crippen LogP contribution is 2.20. The number of carbonyl (C=O) groups excluding carboxylic acids is 1. The second-order valence-corrected chi connectivity index (χ2v) is 5.65. The number of hydrogen-bond acceptors (Lipinski definition) is 2. The molecule has 1 N–H and O–H groups in total. The van der Waals surface area contributed by atoms with Crippen molar-refractivity contribution in [2.75, 3.05) is 13.1 Å². The molecular weight excluding hydrogens is 220 g/mol. The van der Waals surface area contributed by atoms with Crippen LogP contribution < -0.4 is 5.32 Å². The number of thiophene rings is 1. The number of carbonyl (C=O) groups is 1. The van der Waals surface area contributed by atoms with Crippen molar-refractivity contribution in [3.05, 3.63) is 21.4 Å². The Hall–Kier alpha value is -1.03. The van der Waals surface area contributed by atoms with E-state index in [0.717, 1.165) is 25.9 Å². The first kappa shape index (κ1) is 11.5. The van der Waals surface area contributed by atoms with Crippen LogP contribution in [0.25, 0.3) is 0 Å². The van der Waals surface area contributed by atoms with Crippen molar-refractivity contribution in [3.8, 4) is 0 Å². The molecule has 0 atom stereocenters. The van der Waals surface area contributed by atoms with E-state index in [-0.39, 0.29) is 6.03 Å². The van der Waals surface area contributed by atoms with Crippen LogP contribution >= 0.6 is 11.3 Å². The molecule has 4 heteroatoms. The zero-order valence-corrected chi connectivity index (χ0v) is 10.7. The lowest BCUT2D eigenvalue weighted by Crippen LogP contribution is -2.37. The molecule has 1 saturated heterocycles. The van der Waals surface area contributed by atoms with Gasteiger partial charge in [-0.3, -0.25) is 0 Å². The zero-order chi connectivity index (χ0) is 11.5. The van der Waals surface area contributed by atoms with Crippen LogP contribution in [0.2, 0.25) is 0 Å². The van der Waals surface area contributed by atoms with Gasteiger partial charge in [0.25, 0.3) is 0 Å². The van der Waals surface area contributed by atoms with Gasteiger partial charge in [-0.05, 0) is 38.3 Å². The van der Waals surface area contributed by atoms with Crippen LogP contribution in [0.4, 0.5) is 4.79 Å². The van der Waals surface area contributed by atoms with E-state index in [0.29, 0.717) is 6.54 Å². The maximum absolute atomic E-state index is 11.7. The van der Waals surface area contributed by atoms with Crippen molar-refractivity contribution < 1.29 is 4.79 Å². The third kappa shape index (κ3) is 2.55. The van der Waals surface area contributed by atoms with Gasteiger partial charge in [0, 0.05) is 22.8 Å². The summed E-state index contributed by atoms with van der Waals surface area (Å²) < 4.78 is 0. The molecular formula is C12H18N2OS. The molecule has 1 aliphatic rings. The van der Waals surface area contributed by atoms with Gasteiger partial charge in [-0.15, -0.1) is 11.3 Å². The third-order valence-electron chi connectivity index (χ3n) is 3.02. The summed E-state index contributed by atoms with van der Waals surface area (Å²) >= 11 is 1.77. The van der Waals surface area contributed by atoms with Crippen molar-refractivity contribution in [2.24, 2.45) is 0 Å². The van der Waals surface area contributed by atoms with Gasteiger partial charge < -0.3 is 10.2 Å². The highest BCUT2D eigenvalue weighted by molar-refractivity contribution is 7.12. The molecule has 0 saturated carbocycles. The molecule has 1 aliphatic heterocycles. The third-order valence-corrected chi connectivity index (χ3v) is 4.18. The number of aryl methyl sites for hydroxylation is 2. The number of urea groups is 1. The van der Waals surface area contributed by atoms with Gasteiger partial charge in [0.15, 0.2) is 0 Å². The molecule has 88 valence electrons. The zero-order valence-electron chi connectivity index (χ0n) is 9.88. The normalized spacial score (nSPS) is 15.5. The van der Waals surface area contributed by atoms with E-state index < -0.39 is 0 Å². The number of nitrogens with zero attached hydrogens (tertiary/aromatic N) is 1. The van der Waals surface area contributed by atoms with Crippen molar-refractivity contribution in [2.45, 2.75) is 33.2 Å². The summed E-state index contributed by atoms with van der Waals surface area (Å²) in [6.07, 6.45) is 2.29. The lowest BCUT2D eigenvalue weighted by Gasteiger charge is -2.15. The van der Waals surface area contributed by atoms with E-state index in [9.17, 15) is 4.79 Å². The Balaban J connectivity index is 1.84. The first-order valence-electron chi connectivity index (χ1n) is 5.75. The van der Waals surface area contributed by atoms with Gasteiger partial charge in [0.05, 0.1) is 6.54 Å². The predicted molar refractivity (Wildman–Crippen MR) is 66.8 cm³/mol. The molecule has 0 aliphatic carbocycles. The van der Waals surface area contributed by atoms with Gasteiger partial charge in [0.2, 0.25) is 0 Å². The largest absolute Gasteiger partial charge is 0.333 e. The molecule has 1 aromatic heterocycles. The molecule has 3 nitrogen and oxygen atoms in total. The topological polar surface area (TPSA) is 32.3 Å². The van der Waals surface area contributed by atoms with Crippen LogP contribution in [0.15, 0.2) is 6.07 Å². The summed E-state index contributed by atoms with van der Waals surface area (Å²) in [4.78, 5) is 16.2. The predicted octanol–water partition coefficient (Wildman–Crippen LogP) is 2.67. The van der Waals surface area contributed by atoms with Crippen molar-refractivity contribution in [1.82, 2.24) is 10.2 Å². The Labute approximate surface area is 100 Å². The van der Waals surface area contributed by atoms with Crippen molar-refractivity contribution in [1.29, 1.82) is 0 Å². The van der Waals surface area contributed by atoms with E-state index in [1.54, 1.807) is 11.3 Å². The molecule has 0 spiro atoms. The highest BCUT2D eigenvalue weighted by atomic mass is 32.1. The Morgan fingerprint density at radius 3 is 2.69 bits per heavy atom. The molecule has 0 radical (unpaired) electrons. The fourth-order valence-electron chi connectivity index (χ4n) is 1.93. The van der Waals surface area contributed by atoms with Crippen LogP contribution in [0.3, 0.4) is 0 Å². The van der Waals surface area contributed by atoms with E-state index in [1.165, 1.54) is 15.3 Å². The summed E-state index contributed by atoms with van der Waals surface area (Å²) in [6.45, 7) is 6.71. The van der Waals surface area contributed by atoms with Gasteiger partial charge in [-0.1, -0.05) is 0 Å². The molecule has 0 unspecified atom stereocenters. The van der Waals surface area contributed by atoms with Gasteiger partial charge in [-0.2, -0.15) is 0 Å². The van der Waals surface area contributed by atoms with E-state index in [2.05, 4.69) is 25.2 Å². The van der Waals surface area contributed by atoms with E-state index >= 15 is 0 Å². The van der Waals surface area contributed by atoms with Crippen LogP contribution in [-0.4, -0.2) is 24.0 Å². The number of hydrogen-bond donors (Lipinski definition) is 1. The van der Waals surface area contributed by atoms with Crippen molar-refractivity contribution >= 4 is 17.4 Å². The molecule has 1 aromatic rings. The number of amides is 2. The Morgan fingerprint density at radius 1 is 1.44 bits per heavy atom. The Bertz CT molecular complexity index is 361. The maximum Gasteiger partial charge on any atom is 0.317 e. The minimum atomic E-state index is 0.0845. The second-order valence-electron chi connectivity index (χ2n) is 4.30. The number of rotatable bonds is 2. The molecule has 2 rings (SSSR count). The summed E-state index contributed by atoms with van der Waals surface area (Å²) in [7, 11) is 0. The summed E-state index contributed by atoms with van der Waals surface area (Å²) in [6, 6.07) is 2.24. The van der Waals surface area contributed by atoms with Gasteiger partial charge >= 0.3 is 6.03 Å².